The van der Waals surface area contributed by atoms with E-state index < -0.39 is 0 Å². The molecule has 1 aromatic carbocycles. The minimum atomic E-state index is -0.373. The largest absolute Gasteiger partial charge is 0.374 e. The number of hydrogen-bond acceptors (Lipinski definition) is 3. The van der Waals surface area contributed by atoms with Crippen LogP contribution in [0.1, 0.15) is 38.7 Å². The summed E-state index contributed by atoms with van der Waals surface area (Å²) in [5, 5.41) is 6.49. The number of benzene rings is 1. The van der Waals surface area contributed by atoms with Crippen LogP contribution < -0.4 is 10.6 Å². The Morgan fingerprint density at radius 3 is 2.43 bits per heavy atom. The summed E-state index contributed by atoms with van der Waals surface area (Å²) in [6.07, 6.45) is 2.61. The third-order valence-corrected chi connectivity index (χ3v) is 4.07. The van der Waals surface area contributed by atoms with Crippen molar-refractivity contribution < 1.29 is 4.79 Å². The first kappa shape index (κ1) is 17.3. The van der Waals surface area contributed by atoms with Crippen LogP contribution in [0.2, 0.25) is 5.02 Å². The maximum absolute atomic E-state index is 12.2. The van der Waals surface area contributed by atoms with Crippen LogP contribution in [-0.2, 0) is 4.79 Å². The van der Waals surface area contributed by atoms with Gasteiger partial charge in [0.15, 0.2) is 0 Å². The molecule has 0 radical (unpaired) electrons. The van der Waals surface area contributed by atoms with Gasteiger partial charge in [0.05, 0.1) is 5.02 Å². The van der Waals surface area contributed by atoms with E-state index >= 15 is 0 Å². The highest BCUT2D eigenvalue weighted by molar-refractivity contribution is 6.30. The lowest BCUT2D eigenvalue weighted by Gasteiger charge is -2.16. The number of hydrogen-bond donors (Lipinski definition) is 2. The molecule has 0 fully saturated rings. The Labute approximate surface area is 142 Å². The fourth-order valence-corrected chi connectivity index (χ4v) is 2.26. The van der Waals surface area contributed by atoms with Crippen LogP contribution in [-0.4, -0.2) is 16.9 Å². The Balaban J connectivity index is 1.93. The predicted molar refractivity (Wildman–Crippen MR) is 96.1 cm³/mol. The van der Waals surface area contributed by atoms with Gasteiger partial charge in [-0.25, -0.2) is 4.98 Å². The van der Waals surface area contributed by atoms with Crippen LogP contribution in [0.15, 0.2) is 42.6 Å². The van der Waals surface area contributed by atoms with Gasteiger partial charge in [-0.1, -0.05) is 37.6 Å². The lowest BCUT2D eigenvalue weighted by Crippen LogP contribution is -2.32. The van der Waals surface area contributed by atoms with Crippen molar-refractivity contribution in [3.63, 3.8) is 0 Å². The number of amides is 1. The summed E-state index contributed by atoms with van der Waals surface area (Å²) in [6.45, 7) is 6.19. The fourth-order valence-electron chi connectivity index (χ4n) is 2.14. The van der Waals surface area contributed by atoms with Gasteiger partial charge in [0.25, 0.3) is 0 Å². The highest BCUT2D eigenvalue weighted by Gasteiger charge is 2.13. The van der Waals surface area contributed by atoms with Crippen LogP contribution in [0.5, 0.6) is 0 Å². The van der Waals surface area contributed by atoms with E-state index in [0.717, 1.165) is 12.1 Å². The Morgan fingerprint density at radius 2 is 1.87 bits per heavy atom. The maximum atomic E-state index is 12.2. The fraction of sp³-hybridized carbons (Fsp3) is 0.333. The molecule has 122 valence electrons. The minimum Gasteiger partial charge on any atom is -0.374 e. The number of pyridine rings is 1. The van der Waals surface area contributed by atoms with Crippen LogP contribution in [0.25, 0.3) is 0 Å². The second kappa shape index (κ2) is 7.97. The number of anilines is 2. The van der Waals surface area contributed by atoms with E-state index in [1.54, 1.807) is 12.1 Å². The lowest BCUT2D eigenvalue weighted by atomic mass is 9.98. The normalized spacial score (nSPS) is 13.2. The zero-order valence-electron chi connectivity index (χ0n) is 13.6. The number of rotatable bonds is 6. The number of nitrogens with one attached hydrogen (secondary N) is 2. The molecule has 23 heavy (non-hydrogen) atoms. The Bertz CT molecular complexity index is 640. The van der Waals surface area contributed by atoms with E-state index in [1.165, 1.54) is 11.8 Å². The molecule has 2 aromatic rings. The van der Waals surface area contributed by atoms with Crippen molar-refractivity contribution in [3.8, 4) is 0 Å². The Hall–Kier alpha value is -2.07. The van der Waals surface area contributed by atoms with Crippen LogP contribution in [0.3, 0.4) is 0 Å². The molecule has 0 aliphatic rings. The summed E-state index contributed by atoms with van der Waals surface area (Å²) in [5.74, 6) is 0.881. The zero-order valence-corrected chi connectivity index (χ0v) is 14.4. The molecule has 1 amide bonds. The van der Waals surface area contributed by atoms with Gasteiger partial charge in [0, 0.05) is 11.9 Å². The van der Waals surface area contributed by atoms with Crippen molar-refractivity contribution in [3.05, 3.63) is 53.2 Å². The first-order chi connectivity index (χ1) is 11.0. The zero-order chi connectivity index (χ0) is 16.8. The van der Waals surface area contributed by atoms with Crippen molar-refractivity contribution in [2.24, 2.45) is 0 Å². The summed E-state index contributed by atoms with van der Waals surface area (Å²) < 4.78 is 0. The first-order valence-electron chi connectivity index (χ1n) is 7.78. The molecule has 0 aliphatic carbocycles. The predicted octanol–water partition coefficient (Wildman–Crippen LogP) is 4.69. The molecule has 5 heteroatoms. The van der Waals surface area contributed by atoms with Crippen molar-refractivity contribution in [1.82, 2.24) is 4.98 Å². The summed E-state index contributed by atoms with van der Waals surface area (Å²) in [6, 6.07) is 11.2. The van der Waals surface area contributed by atoms with Gasteiger partial charge in [0.2, 0.25) is 5.91 Å². The molecule has 0 unspecified atom stereocenters. The number of aromatic nitrogens is 1. The molecule has 2 atom stereocenters. The second-order valence-corrected chi connectivity index (χ2v) is 6.08. The van der Waals surface area contributed by atoms with Crippen molar-refractivity contribution >= 4 is 29.0 Å². The number of halogens is 1. The van der Waals surface area contributed by atoms with Crippen LogP contribution in [0, 0.1) is 0 Å². The molecule has 0 aliphatic heterocycles. The molecule has 0 saturated carbocycles. The van der Waals surface area contributed by atoms with Gasteiger partial charge in [-0.2, -0.15) is 0 Å². The Morgan fingerprint density at radius 1 is 1.17 bits per heavy atom. The van der Waals surface area contributed by atoms with E-state index in [4.69, 9.17) is 11.6 Å². The quantitative estimate of drug-likeness (QED) is 0.807. The molecule has 4 nitrogen and oxygen atoms in total. The molecular weight excluding hydrogens is 310 g/mol. The lowest BCUT2D eigenvalue weighted by molar-refractivity contribution is -0.116. The average molecular weight is 332 g/mol. The van der Waals surface area contributed by atoms with Crippen molar-refractivity contribution in [1.29, 1.82) is 0 Å². The van der Waals surface area contributed by atoms with Crippen LogP contribution in [0.4, 0.5) is 11.5 Å². The standard InChI is InChI=1S/C18H22ClN3O/c1-4-12(2)14-5-8-16(9-6-14)21-13(3)18(23)22-17-10-7-15(19)11-20-17/h5-13,21H,4H2,1-3H3,(H,20,22,23)/t12-,13-/m1/s1. The molecule has 2 N–H and O–H groups in total. The highest BCUT2D eigenvalue weighted by Crippen LogP contribution is 2.21. The molecule has 1 heterocycles. The van der Waals surface area contributed by atoms with Gasteiger partial charge >= 0.3 is 0 Å². The van der Waals surface area contributed by atoms with Crippen LogP contribution >= 0.6 is 11.6 Å². The van der Waals surface area contributed by atoms with Gasteiger partial charge in [-0.3, -0.25) is 4.79 Å². The van der Waals surface area contributed by atoms with Crippen molar-refractivity contribution in [2.75, 3.05) is 10.6 Å². The molecule has 1 aromatic heterocycles. The first-order valence-corrected chi connectivity index (χ1v) is 8.16. The number of nitrogens with zero attached hydrogens (tertiary/aromatic N) is 1. The Kier molecular flexibility index (Phi) is 5.99. The second-order valence-electron chi connectivity index (χ2n) is 5.65. The minimum absolute atomic E-state index is 0.147. The summed E-state index contributed by atoms with van der Waals surface area (Å²) in [4.78, 5) is 16.2. The average Bonchev–Trinajstić information content (AvgIpc) is 2.56. The molecular formula is C18H22ClN3O. The molecule has 0 saturated heterocycles. The van der Waals surface area contributed by atoms with Gasteiger partial charge in [0.1, 0.15) is 11.9 Å². The third-order valence-electron chi connectivity index (χ3n) is 3.85. The molecule has 2 rings (SSSR count). The van der Waals surface area contributed by atoms with Crippen molar-refractivity contribution in [2.45, 2.75) is 39.2 Å². The SMILES string of the molecule is CC[C@@H](C)c1ccc(N[C@H](C)C(=O)Nc2ccc(Cl)cn2)cc1. The third kappa shape index (κ3) is 4.96. The molecule has 0 spiro atoms. The van der Waals surface area contributed by atoms with Gasteiger partial charge < -0.3 is 10.6 Å². The monoisotopic (exact) mass is 331 g/mol. The van der Waals surface area contributed by atoms with E-state index in [-0.39, 0.29) is 11.9 Å². The van der Waals surface area contributed by atoms with E-state index in [0.29, 0.717) is 16.8 Å². The number of carbonyl (C=O) groups is 1. The van der Waals surface area contributed by atoms with E-state index in [1.807, 2.05) is 19.1 Å². The van der Waals surface area contributed by atoms with Gasteiger partial charge in [-0.05, 0) is 49.1 Å². The van der Waals surface area contributed by atoms with E-state index in [2.05, 4.69) is 41.6 Å². The highest BCUT2D eigenvalue weighted by atomic mass is 35.5. The summed E-state index contributed by atoms with van der Waals surface area (Å²) >= 11 is 5.78. The summed E-state index contributed by atoms with van der Waals surface area (Å²) in [7, 11) is 0. The summed E-state index contributed by atoms with van der Waals surface area (Å²) in [5.41, 5.74) is 2.23. The maximum Gasteiger partial charge on any atom is 0.247 e. The number of carbonyl (C=O) groups excluding carboxylic acids is 1. The topological polar surface area (TPSA) is 54.0 Å². The molecule has 0 bridgehead atoms. The van der Waals surface area contributed by atoms with Gasteiger partial charge in [-0.15, -0.1) is 0 Å². The smallest absolute Gasteiger partial charge is 0.247 e. The van der Waals surface area contributed by atoms with E-state index in [9.17, 15) is 4.79 Å².